The predicted molar refractivity (Wildman–Crippen MR) is 58.1 cm³/mol. The van der Waals surface area contributed by atoms with Crippen LogP contribution in [0.4, 0.5) is 11.6 Å². The number of furan rings is 1. The first-order valence-corrected chi connectivity index (χ1v) is 4.57. The van der Waals surface area contributed by atoms with Crippen LogP contribution in [0.5, 0.6) is 0 Å². The molecule has 0 aliphatic rings. The van der Waals surface area contributed by atoms with E-state index in [0.29, 0.717) is 12.4 Å². The second kappa shape index (κ2) is 4.47. The van der Waals surface area contributed by atoms with Gasteiger partial charge in [0.25, 0.3) is 0 Å². The molecule has 78 valence electrons. The summed E-state index contributed by atoms with van der Waals surface area (Å²) in [6.07, 6.45) is 3.33. The number of hydrogen-bond acceptors (Lipinski definition) is 5. The number of pyridine rings is 1. The Morgan fingerprint density at radius 2 is 2.13 bits per heavy atom. The molecule has 0 saturated heterocycles. The smallest absolute Gasteiger partial charge is 0.142 e. The third-order valence-corrected chi connectivity index (χ3v) is 1.95. The van der Waals surface area contributed by atoms with E-state index in [9.17, 15) is 0 Å². The molecule has 2 heterocycles. The number of nitrogens with zero attached hydrogens (tertiary/aromatic N) is 1. The Balaban J connectivity index is 1.98. The van der Waals surface area contributed by atoms with Gasteiger partial charge in [-0.1, -0.05) is 6.07 Å². The van der Waals surface area contributed by atoms with Crippen molar-refractivity contribution in [1.29, 1.82) is 0 Å². The van der Waals surface area contributed by atoms with Gasteiger partial charge in [0.15, 0.2) is 0 Å². The summed E-state index contributed by atoms with van der Waals surface area (Å²) in [6.45, 7) is 0.678. The van der Waals surface area contributed by atoms with Gasteiger partial charge in [-0.3, -0.25) is 0 Å². The lowest BCUT2D eigenvalue weighted by Crippen LogP contribution is -2.09. The molecule has 0 unspecified atom stereocenters. The predicted octanol–water partition coefficient (Wildman–Crippen LogP) is 1.57. The van der Waals surface area contributed by atoms with Crippen LogP contribution in [0.1, 0.15) is 5.56 Å². The van der Waals surface area contributed by atoms with Crippen molar-refractivity contribution >= 4 is 11.6 Å². The summed E-state index contributed by atoms with van der Waals surface area (Å²) in [4.78, 5) is 4.21. The molecular formula is C10H12N4O. The van der Waals surface area contributed by atoms with Crippen LogP contribution in [0.3, 0.4) is 0 Å². The van der Waals surface area contributed by atoms with Gasteiger partial charge in [0, 0.05) is 12.1 Å². The summed E-state index contributed by atoms with van der Waals surface area (Å²) in [7, 11) is 0. The Hall–Kier alpha value is -2.01. The maximum Gasteiger partial charge on any atom is 0.142 e. The first-order valence-electron chi connectivity index (χ1n) is 4.57. The highest BCUT2D eigenvalue weighted by Gasteiger charge is 1.97. The number of hydrazine groups is 1. The highest BCUT2D eigenvalue weighted by atomic mass is 16.3. The fourth-order valence-corrected chi connectivity index (χ4v) is 1.20. The van der Waals surface area contributed by atoms with Crippen LogP contribution in [0.2, 0.25) is 0 Å². The van der Waals surface area contributed by atoms with Crippen LogP contribution in [0, 0.1) is 0 Å². The lowest BCUT2D eigenvalue weighted by Gasteiger charge is -2.05. The summed E-state index contributed by atoms with van der Waals surface area (Å²) < 4.78 is 4.96. The molecule has 2 rings (SSSR count). The summed E-state index contributed by atoms with van der Waals surface area (Å²) >= 11 is 0. The maximum absolute atomic E-state index is 5.25. The van der Waals surface area contributed by atoms with E-state index in [4.69, 9.17) is 10.3 Å². The SMILES string of the molecule is NNc1cccc(NCc2ccoc2)n1. The molecule has 0 aromatic carbocycles. The molecule has 0 atom stereocenters. The minimum atomic E-state index is 0.632. The Kier molecular flexibility index (Phi) is 2.85. The number of nitrogen functional groups attached to an aromatic ring is 1. The summed E-state index contributed by atoms with van der Waals surface area (Å²) in [6, 6.07) is 7.45. The molecule has 4 N–H and O–H groups in total. The second-order valence-corrected chi connectivity index (χ2v) is 3.04. The van der Waals surface area contributed by atoms with Crippen molar-refractivity contribution in [3.8, 4) is 0 Å². The Morgan fingerprint density at radius 1 is 1.27 bits per heavy atom. The van der Waals surface area contributed by atoms with Gasteiger partial charge in [0.05, 0.1) is 12.5 Å². The first kappa shape index (κ1) is 9.54. The average Bonchev–Trinajstić information content (AvgIpc) is 2.79. The molecule has 2 aromatic rings. The van der Waals surface area contributed by atoms with E-state index in [2.05, 4.69) is 15.7 Å². The number of nitrogens with two attached hydrogens (primary N) is 1. The van der Waals surface area contributed by atoms with Crippen molar-refractivity contribution in [2.75, 3.05) is 10.7 Å². The molecule has 0 spiro atoms. The zero-order chi connectivity index (χ0) is 10.5. The molecule has 5 heteroatoms. The second-order valence-electron chi connectivity index (χ2n) is 3.04. The number of aromatic nitrogens is 1. The van der Waals surface area contributed by atoms with Crippen LogP contribution in [-0.2, 0) is 6.54 Å². The van der Waals surface area contributed by atoms with Crippen molar-refractivity contribution in [3.63, 3.8) is 0 Å². The topological polar surface area (TPSA) is 76.1 Å². The molecule has 15 heavy (non-hydrogen) atoms. The van der Waals surface area contributed by atoms with Gasteiger partial charge in [0.1, 0.15) is 11.6 Å². The number of nitrogens with one attached hydrogen (secondary N) is 2. The normalized spacial score (nSPS) is 9.93. The van der Waals surface area contributed by atoms with Gasteiger partial charge in [-0.15, -0.1) is 0 Å². The van der Waals surface area contributed by atoms with Crippen molar-refractivity contribution in [3.05, 3.63) is 42.4 Å². The van der Waals surface area contributed by atoms with E-state index in [1.165, 1.54) is 0 Å². The Morgan fingerprint density at radius 3 is 2.87 bits per heavy atom. The summed E-state index contributed by atoms with van der Waals surface area (Å²) in [5.74, 6) is 6.66. The monoisotopic (exact) mass is 204 g/mol. The van der Waals surface area contributed by atoms with Crippen LogP contribution in [0.25, 0.3) is 0 Å². The van der Waals surface area contributed by atoms with Crippen LogP contribution in [-0.4, -0.2) is 4.98 Å². The van der Waals surface area contributed by atoms with Crippen molar-refractivity contribution in [2.24, 2.45) is 5.84 Å². The zero-order valence-electron chi connectivity index (χ0n) is 8.10. The molecule has 2 aromatic heterocycles. The van der Waals surface area contributed by atoms with Crippen molar-refractivity contribution in [1.82, 2.24) is 4.98 Å². The van der Waals surface area contributed by atoms with Crippen LogP contribution in [0.15, 0.2) is 41.2 Å². The third kappa shape index (κ3) is 2.47. The van der Waals surface area contributed by atoms with E-state index in [0.717, 1.165) is 11.4 Å². The van der Waals surface area contributed by atoms with E-state index < -0.39 is 0 Å². The zero-order valence-corrected chi connectivity index (χ0v) is 8.10. The minimum Gasteiger partial charge on any atom is -0.472 e. The average molecular weight is 204 g/mol. The van der Waals surface area contributed by atoms with Gasteiger partial charge in [-0.25, -0.2) is 10.8 Å². The molecule has 0 saturated carbocycles. The largest absolute Gasteiger partial charge is 0.472 e. The van der Waals surface area contributed by atoms with Gasteiger partial charge in [-0.05, 0) is 18.2 Å². The highest BCUT2D eigenvalue weighted by molar-refractivity contribution is 5.44. The summed E-state index contributed by atoms with van der Waals surface area (Å²) in [5, 5.41) is 3.16. The third-order valence-electron chi connectivity index (χ3n) is 1.95. The Labute approximate surface area is 87.3 Å². The van der Waals surface area contributed by atoms with E-state index >= 15 is 0 Å². The lowest BCUT2D eigenvalue weighted by atomic mass is 10.3. The molecule has 0 amide bonds. The standard InChI is InChI=1S/C10H12N4O/c11-14-10-3-1-2-9(13-10)12-6-8-4-5-15-7-8/h1-5,7H,6,11H2,(H2,12,13,14). The molecule has 0 radical (unpaired) electrons. The van der Waals surface area contributed by atoms with Gasteiger partial charge >= 0.3 is 0 Å². The number of anilines is 2. The molecule has 0 aliphatic heterocycles. The minimum absolute atomic E-state index is 0.632. The van der Waals surface area contributed by atoms with Gasteiger partial charge in [0.2, 0.25) is 0 Å². The highest BCUT2D eigenvalue weighted by Crippen LogP contribution is 2.09. The fraction of sp³-hybridized carbons (Fsp3) is 0.100. The lowest BCUT2D eigenvalue weighted by molar-refractivity contribution is 0.564. The Bertz CT molecular complexity index is 413. The number of hydrogen-bond donors (Lipinski definition) is 3. The van der Waals surface area contributed by atoms with Gasteiger partial charge in [-0.2, -0.15) is 0 Å². The van der Waals surface area contributed by atoms with Gasteiger partial charge < -0.3 is 15.2 Å². The van der Waals surface area contributed by atoms with Crippen molar-refractivity contribution < 1.29 is 4.42 Å². The van der Waals surface area contributed by atoms with E-state index in [1.807, 2.05) is 18.2 Å². The quantitative estimate of drug-likeness (QED) is 0.520. The summed E-state index contributed by atoms with van der Waals surface area (Å²) in [5.41, 5.74) is 3.56. The molecule has 0 bridgehead atoms. The van der Waals surface area contributed by atoms with E-state index in [1.54, 1.807) is 18.6 Å². The van der Waals surface area contributed by atoms with Crippen molar-refractivity contribution in [2.45, 2.75) is 6.54 Å². The van der Waals surface area contributed by atoms with E-state index in [-0.39, 0.29) is 0 Å². The first-order chi connectivity index (χ1) is 7.38. The van der Waals surface area contributed by atoms with Crippen LogP contribution >= 0.6 is 0 Å². The molecule has 0 fully saturated rings. The fourth-order valence-electron chi connectivity index (χ4n) is 1.20. The molecule has 0 aliphatic carbocycles. The maximum atomic E-state index is 5.25. The molecule has 5 nitrogen and oxygen atoms in total. The van der Waals surface area contributed by atoms with Crippen LogP contribution < -0.4 is 16.6 Å². The molecular weight excluding hydrogens is 192 g/mol. The number of rotatable bonds is 4.